The molecule has 0 aliphatic heterocycles. The number of benzene rings is 2. The number of amides is 2. The van der Waals surface area contributed by atoms with Crippen LogP contribution in [-0.4, -0.2) is 11.8 Å². The highest BCUT2D eigenvalue weighted by Crippen LogP contribution is 2.23. The first-order chi connectivity index (χ1) is 11.5. The molecule has 2 rings (SSSR count). The lowest BCUT2D eigenvalue weighted by Crippen LogP contribution is -2.30. The Morgan fingerprint density at radius 2 is 1.21 bits per heavy atom. The van der Waals surface area contributed by atoms with Gasteiger partial charge < -0.3 is 10.6 Å². The van der Waals surface area contributed by atoms with Gasteiger partial charge in [-0.1, -0.05) is 38.1 Å². The number of hydrogen-bond acceptors (Lipinski definition) is 2. The predicted molar refractivity (Wildman–Crippen MR) is 88.8 cm³/mol. The van der Waals surface area contributed by atoms with Crippen LogP contribution >= 0.6 is 0 Å². The fourth-order valence-electron chi connectivity index (χ4n) is 2.36. The van der Waals surface area contributed by atoms with Crippen LogP contribution in [0.4, 0.5) is 20.2 Å². The number of aryl methyl sites for hydroxylation is 2. The minimum Gasteiger partial charge on any atom is -0.317 e. The molecule has 0 saturated heterocycles. The van der Waals surface area contributed by atoms with E-state index in [1.165, 1.54) is 6.07 Å². The maximum absolute atomic E-state index is 13.6. The molecule has 0 radical (unpaired) electrons. The molecule has 0 spiro atoms. The van der Waals surface area contributed by atoms with Crippen molar-refractivity contribution < 1.29 is 18.4 Å². The maximum atomic E-state index is 13.6. The second kappa shape index (κ2) is 7.68. The standard InChI is InChI=1S/C18H18F2N2O2/c1-3-11-7-5-8-12(4-2)15(11)21-17(23)18(24)22-16-13(19)9-6-10-14(16)20/h5-10H,3-4H2,1-2H3,(H,21,23)(H,22,24). The SMILES string of the molecule is CCc1cccc(CC)c1NC(=O)C(=O)Nc1c(F)cccc1F. The summed E-state index contributed by atoms with van der Waals surface area (Å²) in [5, 5.41) is 4.52. The molecule has 0 bridgehead atoms. The van der Waals surface area contributed by atoms with E-state index in [-0.39, 0.29) is 0 Å². The Morgan fingerprint density at radius 1 is 0.792 bits per heavy atom. The van der Waals surface area contributed by atoms with Crippen molar-refractivity contribution in [3.63, 3.8) is 0 Å². The van der Waals surface area contributed by atoms with Crippen molar-refractivity contribution in [3.05, 3.63) is 59.2 Å². The van der Waals surface area contributed by atoms with Crippen LogP contribution < -0.4 is 10.6 Å². The number of hydrogen-bond donors (Lipinski definition) is 2. The minimum atomic E-state index is -1.13. The van der Waals surface area contributed by atoms with E-state index in [9.17, 15) is 18.4 Å². The average Bonchev–Trinajstić information content (AvgIpc) is 2.58. The third-order valence-electron chi connectivity index (χ3n) is 3.64. The van der Waals surface area contributed by atoms with Crippen LogP contribution in [-0.2, 0) is 22.4 Å². The average molecular weight is 332 g/mol. The van der Waals surface area contributed by atoms with E-state index < -0.39 is 29.1 Å². The van der Waals surface area contributed by atoms with Crippen LogP contribution in [0.15, 0.2) is 36.4 Å². The van der Waals surface area contributed by atoms with Crippen molar-refractivity contribution in [2.24, 2.45) is 0 Å². The summed E-state index contributed by atoms with van der Waals surface area (Å²) in [4.78, 5) is 24.1. The van der Waals surface area contributed by atoms with Crippen LogP contribution in [0.1, 0.15) is 25.0 Å². The molecule has 0 unspecified atom stereocenters. The van der Waals surface area contributed by atoms with Gasteiger partial charge in [0.1, 0.15) is 17.3 Å². The quantitative estimate of drug-likeness (QED) is 0.840. The first-order valence-corrected chi connectivity index (χ1v) is 7.65. The van der Waals surface area contributed by atoms with Crippen LogP contribution in [0, 0.1) is 11.6 Å². The van der Waals surface area contributed by atoms with Gasteiger partial charge in [0.15, 0.2) is 0 Å². The zero-order chi connectivity index (χ0) is 17.7. The van der Waals surface area contributed by atoms with E-state index in [2.05, 4.69) is 5.32 Å². The molecule has 0 saturated carbocycles. The highest BCUT2D eigenvalue weighted by molar-refractivity contribution is 6.43. The van der Waals surface area contributed by atoms with Gasteiger partial charge in [-0.05, 0) is 36.1 Å². The second-order valence-corrected chi connectivity index (χ2v) is 5.16. The van der Waals surface area contributed by atoms with Crippen LogP contribution in [0.25, 0.3) is 0 Å². The summed E-state index contributed by atoms with van der Waals surface area (Å²) in [5.41, 5.74) is 1.69. The Kier molecular flexibility index (Phi) is 5.63. The molecule has 0 aliphatic rings. The number of carbonyl (C=O) groups is 2. The maximum Gasteiger partial charge on any atom is 0.314 e. The van der Waals surface area contributed by atoms with Crippen LogP contribution in [0.2, 0.25) is 0 Å². The van der Waals surface area contributed by atoms with Gasteiger partial charge in [0.2, 0.25) is 0 Å². The number of rotatable bonds is 4. The highest BCUT2D eigenvalue weighted by Gasteiger charge is 2.20. The van der Waals surface area contributed by atoms with Crippen molar-refractivity contribution in [2.45, 2.75) is 26.7 Å². The normalized spacial score (nSPS) is 10.3. The Labute approximate surface area is 138 Å². The summed E-state index contributed by atoms with van der Waals surface area (Å²) in [6.45, 7) is 3.86. The molecule has 0 heterocycles. The highest BCUT2D eigenvalue weighted by atomic mass is 19.1. The molecule has 24 heavy (non-hydrogen) atoms. The van der Waals surface area contributed by atoms with Gasteiger partial charge in [-0.25, -0.2) is 8.78 Å². The summed E-state index contributed by atoms with van der Waals surface area (Å²) >= 11 is 0. The molecule has 0 atom stereocenters. The fraction of sp³-hybridized carbons (Fsp3) is 0.222. The first kappa shape index (κ1) is 17.6. The topological polar surface area (TPSA) is 58.2 Å². The Bertz CT molecular complexity index is 733. The Balaban J connectivity index is 2.20. The number of halogens is 2. The minimum absolute atomic E-state index is 0.566. The summed E-state index contributed by atoms with van der Waals surface area (Å²) in [5.74, 6) is -4.00. The summed E-state index contributed by atoms with van der Waals surface area (Å²) in [6, 6.07) is 8.75. The van der Waals surface area contributed by atoms with E-state index in [0.29, 0.717) is 18.5 Å². The lowest BCUT2D eigenvalue weighted by atomic mass is 10.0. The van der Waals surface area contributed by atoms with E-state index in [4.69, 9.17) is 0 Å². The van der Waals surface area contributed by atoms with E-state index in [0.717, 1.165) is 23.3 Å². The molecular weight excluding hydrogens is 314 g/mol. The summed E-state index contributed by atoms with van der Waals surface area (Å²) in [6.07, 6.45) is 1.35. The molecule has 0 aliphatic carbocycles. The fourth-order valence-corrected chi connectivity index (χ4v) is 2.36. The third-order valence-corrected chi connectivity index (χ3v) is 3.64. The smallest absolute Gasteiger partial charge is 0.314 e. The molecule has 2 aromatic carbocycles. The Morgan fingerprint density at radius 3 is 1.67 bits per heavy atom. The monoisotopic (exact) mass is 332 g/mol. The van der Waals surface area contributed by atoms with Crippen LogP contribution in [0.3, 0.4) is 0 Å². The molecule has 2 aromatic rings. The second-order valence-electron chi connectivity index (χ2n) is 5.16. The lowest BCUT2D eigenvalue weighted by molar-refractivity contribution is -0.133. The van der Waals surface area contributed by atoms with Crippen molar-refractivity contribution >= 4 is 23.2 Å². The van der Waals surface area contributed by atoms with Gasteiger partial charge >= 0.3 is 11.8 Å². The van der Waals surface area contributed by atoms with Gasteiger partial charge in [0.05, 0.1) is 0 Å². The molecule has 126 valence electrons. The van der Waals surface area contributed by atoms with E-state index in [1.807, 2.05) is 37.4 Å². The van der Waals surface area contributed by atoms with Gasteiger partial charge in [-0.3, -0.25) is 9.59 Å². The van der Waals surface area contributed by atoms with Gasteiger partial charge in [-0.15, -0.1) is 0 Å². The Hall–Kier alpha value is -2.76. The summed E-state index contributed by atoms with van der Waals surface area (Å²) in [7, 11) is 0. The molecule has 2 N–H and O–H groups in total. The summed E-state index contributed by atoms with van der Waals surface area (Å²) < 4.78 is 27.1. The third kappa shape index (κ3) is 3.76. The first-order valence-electron chi connectivity index (χ1n) is 7.65. The van der Waals surface area contributed by atoms with E-state index in [1.54, 1.807) is 0 Å². The lowest BCUT2D eigenvalue weighted by Gasteiger charge is -2.14. The largest absolute Gasteiger partial charge is 0.317 e. The van der Waals surface area contributed by atoms with Gasteiger partial charge in [-0.2, -0.15) is 0 Å². The molecule has 0 fully saturated rings. The zero-order valence-corrected chi connectivity index (χ0v) is 13.5. The van der Waals surface area contributed by atoms with Gasteiger partial charge in [0.25, 0.3) is 0 Å². The van der Waals surface area contributed by atoms with Crippen molar-refractivity contribution in [1.29, 1.82) is 0 Å². The molecule has 2 amide bonds. The predicted octanol–water partition coefficient (Wildman–Crippen LogP) is 3.67. The number of anilines is 2. The molecule has 4 nitrogen and oxygen atoms in total. The molecule has 6 heteroatoms. The van der Waals surface area contributed by atoms with E-state index >= 15 is 0 Å². The zero-order valence-electron chi connectivity index (χ0n) is 13.5. The van der Waals surface area contributed by atoms with Crippen molar-refractivity contribution in [3.8, 4) is 0 Å². The number of carbonyl (C=O) groups excluding carboxylic acids is 2. The van der Waals surface area contributed by atoms with Crippen LogP contribution in [0.5, 0.6) is 0 Å². The molecular formula is C18H18F2N2O2. The van der Waals surface area contributed by atoms with Crippen molar-refractivity contribution in [2.75, 3.05) is 10.6 Å². The molecule has 0 aromatic heterocycles. The van der Waals surface area contributed by atoms with Gasteiger partial charge in [0, 0.05) is 5.69 Å². The number of para-hydroxylation sites is 2. The number of nitrogens with one attached hydrogen (secondary N) is 2. The van der Waals surface area contributed by atoms with Crippen molar-refractivity contribution in [1.82, 2.24) is 0 Å².